The molecule has 1 atom stereocenters. The van der Waals surface area contributed by atoms with Crippen LogP contribution in [0.5, 0.6) is 0 Å². The molecule has 0 aliphatic carbocycles. The molecule has 1 N–H and O–H groups in total. The van der Waals surface area contributed by atoms with Gasteiger partial charge in [-0.15, -0.1) is 0 Å². The molecular formula is C25H21F3N5OP. The number of amidine groups is 1. The summed E-state index contributed by atoms with van der Waals surface area (Å²) in [6.07, 6.45) is -4.63. The molecule has 0 bridgehead atoms. The van der Waals surface area contributed by atoms with Gasteiger partial charge in [-0.3, -0.25) is 9.24 Å². The maximum atomic E-state index is 14.8. The first-order chi connectivity index (χ1) is 16.7. The number of benzene rings is 3. The second-order valence-electron chi connectivity index (χ2n) is 8.06. The van der Waals surface area contributed by atoms with Crippen LogP contribution in [0, 0.1) is 6.92 Å². The van der Waals surface area contributed by atoms with Crippen LogP contribution in [0.25, 0.3) is 5.69 Å². The molecule has 2 heterocycles. The molecule has 0 saturated carbocycles. The Bertz CT molecular complexity index is 1470. The molecule has 1 aliphatic rings. The van der Waals surface area contributed by atoms with Gasteiger partial charge in [-0.05, 0) is 31.2 Å². The lowest BCUT2D eigenvalue weighted by molar-refractivity contribution is -0.136. The number of halogens is 3. The molecule has 0 spiro atoms. The number of hydrogen-bond acceptors (Lipinski definition) is 3. The van der Waals surface area contributed by atoms with E-state index in [-0.39, 0.29) is 11.0 Å². The second-order valence-corrected chi connectivity index (χ2v) is 10.5. The molecule has 35 heavy (non-hydrogen) atoms. The zero-order chi connectivity index (χ0) is 24.8. The number of rotatable bonds is 4. The number of anilines is 1. The molecule has 10 heteroatoms. The summed E-state index contributed by atoms with van der Waals surface area (Å²) in [7, 11) is -2.33. The van der Waals surface area contributed by atoms with Crippen LogP contribution in [0.3, 0.4) is 0 Å². The van der Waals surface area contributed by atoms with Crippen molar-refractivity contribution < 1.29 is 17.7 Å². The average Bonchev–Trinajstić information content (AvgIpc) is 3.19. The van der Waals surface area contributed by atoms with Crippen molar-refractivity contribution >= 4 is 30.1 Å². The molecule has 5 rings (SSSR count). The molecule has 1 aromatic heterocycles. The topological polar surface area (TPSA) is 62.5 Å². The van der Waals surface area contributed by atoms with Gasteiger partial charge in [0.05, 0.1) is 22.6 Å². The van der Waals surface area contributed by atoms with Crippen LogP contribution >= 0.6 is 7.44 Å². The largest absolute Gasteiger partial charge is 0.418 e. The maximum absolute atomic E-state index is 14.8. The highest BCUT2D eigenvalue weighted by Crippen LogP contribution is 2.55. The van der Waals surface area contributed by atoms with Crippen molar-refractivity contribution in [1.29, 1.82) is 0 Å². The molecule has 0 unspecified atom stereocenters. The molecule has 6 nitrogen and oxygen atoms in total. The fraction of sp³-hybridized carbons (Fsp3) is 0.120. The van der Waals surface area contributed by atoms with E-state index in [2.05, 4.69) is 10.2 Å². The van der Waals surface area contributed by atoms with E-state index in [1.807, 2.05) is 60.7 Å². The number of aryl methyl sites for hydroxylation is 1. The van der Waals surface area contributed by atoms with Crippen LogP contribution in [0.2, 0.25) is 0 Å². The van der Waals surface area contributed by atoms with Crippen LogP contribution < -0.4 is 10.4 Å². The van der Waals surface area contributed by atoms with E-state index >= 15 is 0 Å². The van der Waals surface area contributed by atoms with Crippen LogP contribution in [0.4, 0.5) is 24.7 Å². The highest BCUT2D eigenvalue weighted by atomic mass is 31.2. The number of para-hydroxylation sites is 2. The Morgan fingerprint density at radius 2 is 1.49 bits per heavy atom. The number of fused-ring (bicyclic) bond motifs is 1. The summed E-state index contributed by atoms with van der Waals surface area (Å²) in [5.74, 6) is 0.668. The Hall–Kier alpha value is -3.84. The van der Waals surface area contributed by atoms with Crippen molar-refractivity contribution in [1.82, 2.24) is 14.5 Å². The van der Waals surface area contributed by atoms with Crippen LogP contribution in [0.1, 0.15) is 16.8 Å². The summed E-state index contributed by atoms with van der Waals surface area (Å²) in [6.45, 7) is 1.68. The molecule has 4 aromatic rings. The molecule has 0 saturated heterocycles. The van der Waals surface area contributed by atoms with Crippen molar-refractivity contribution in [2.75, 3.05) is 12.1 Å². The summed E-state index contributed by atoms with van der Waals surface area (Å²) < 4.78 is 59.2. The van der Waals surface area contributed by atoms with Gasteiger partial charge in [0.1, 0.15) is 11.1 Å². The molecule has 0 radical (unpaired) electrons. The van der Waals surface area contributed by atoms with Gasteiger partial charge in [0.15, 0.2) is 5.82 Å². The van der Waals surface area contributed by atoms with Gasteiger partial charge in [0.25, 0.3) is 7.44 Å². The third kappa shape index (κ3) is 3.91. The molecular weight excluding hydrogens is 474 g/mol. The minimum atomic E-state index is -4.63. The van der Waals surface area contributed by atoms with Crippen molar-refractivity contribution in [2.24, 2.45) is 4.99 Å². The summed E-state index contributed by atoms with van der Waals surface area (Å²) in [5, 5.41) is 7.62. The minimum absolute atomic E-state index is 0.264. The van der Waals surface area contributed by atoms with Gasteiger partial charge in [0.2, 0.25) is 0 Å². The van der Waals surface area contributed by atoms with Crippen LogP contribution in [-0.2, 0) is 10.7 Å². The van der Waals surface area contributed by atoms with Crippen LogP contribution in [0.15, 0.2) is 89.9 Å². The van der Waals surface area contributed by atoms with Crippen LogP contribution in [-0.4, -0.2) is 27.3 Å². The Balaban J connectivity index is 1.76. The van der Waals surface area contributed by atoms with Gasteiger partial charge >= 0.3 is 6.18 Å². The first-order valence-electron chi connectivity index (χ1n) is 10.8. The summed E-state index contributed by atoms with van der Waals surface area (Å²) in [6, 6.07) is 23.3. The Morgan fingerprint density at radius 1 is 0.886 bits per heavy atom. The highest BCUT2D eigenvalue weighted by Gasteiger charge is 2.45. The maximum Gasteiger partial charge on any atom is 0.418 e. The number of aromatic nitrogens is 2. The van der Waals surface area contributed by atoms with E-state index in [1.165, 1.54) is 22.9 Å². The second kappa shape index (κ2) is 8.43. The standard InChI is InChI=1S/C25H21F3N5OP/c1-17-22-24(33(30-17)19-13-7-4-8-14-19)29-23(18-11-5-3-6-12-18)32(2)35(22,34)31-21-16-10-9-15-20(21)25(26,27)28/h3-16H,1-2H3,(H,31,34)/t35-/m0/s1. The molecule has 0 amide bonds. The Kier molecular flexibility index (Phi) is 5.52. The third-order valence-corrected chi connectivity index (χ3v) is 8.49. The first kappa shape index (κ1) is 22.9. The predicted octanol–water partition coefficient (Wildman–Crippen LogP) is 6.15. The van der Waals surface area contributed by atoms with E-state index in [4.69, 9.17) is 4.99 Å². The van der Waals surface area contributed by atoms with Crippen molar-refractivity contribution in [3.63, 3.8) is 0 Å². The molecule has 178 valence electrons. The van der Waals surface area contributed by atoms with Crippen molar-refractivity contribution in [3.05, 3.63) is 102 Å². The zero-order valence-corrected chi connectivity index (χ0v) is 19.8. The number of aliphatic imine (C=N–C) groups is 1. The normalized spacial score (nSPS) is 17.6. The van der Waals surface area contributed by atoms with Gasteiger partial charge in [-0.25, -0.2) is 9.67 Å². The van der Waals surface area contributed by atoms with E-state index in [9.17, 15) is 17.7 Å². The van der Waals surface area contributed by atoms with E-state index in [1.54, 1.807) is 18.7 Å². The lowest BCUT2D eigenvalue weighted by atomic mass is 10.2. The van der Waals surface area contributed by atoms with Gasteiger partial charge in [0, 0.05) is 12.6 Å². The predicted molar refractivity (Wildman–Crippen MR) is 131 cm³/mol. The first-order valence-corrected chi connectivity index (χ1v) is 12.4. The number of nitrogens with zero attached hydrogens (tertiary/aromatic N) is 4. The smallest absolute Gasteiger partial charge is 0.316 e. The number of alkyl halides is 3. The van der Waals surface area contributed by atoms with E-state index in [0.29, 0.717) is 28.6 Å². The Labute approximate surface area is 200 Å². The van der Waals surface area contributed by atoms with Crippen molar-refractivity contribution in [3.8, 4) is 5.69 Å². The average molecular weight is 495 g/mol. The van der Waals surface area contributed by atoms with Gasteiger partial charge < -0.3 is 5.09 Å². The van der Waals surface area contributed by atoms with E-state index in [0.717, 1.165) is 6.07 Å². The van der Waals surface area contributed by atoms with Gasteiger partial charge in [-0.1, -0.05) is 60.7 Å². The third-order valence-electron chi connectivity index (χ3n) is 5.79. The summed E-state index contributed by atoms with van der Waals surface area (Å²) in [4.78, 5) is 4.81. The summed E-state index contributed by atoms with van der Waals surface area (Å²) >= 11 is 0. The SMILES string of the molecule is Cc1nn(-c2ccccc2)c2c1[P@](=O)(Nc1ccccc1C(F)(F)F)N(C)C(c1ccccc1)=N2. The summed E-state index contributed by atoms with van der Waals surface area (Å²) in [5.41, 5.74) is 0.598. The highest BCUT2D eigenvalue weighted by molar-refractivity contribution is 7.72. The van der Waals surface area contributed by atoms with Gasteiger partial charge in [-0.2, -0.15) is 18.3 Å². The lowest BCUT2D eigenvalue weighted by Gasteiger charge is -2.35. The zero-order valence-electron chi connectivity index (χ0n) is 18.9. The number of nitrogens with one attached hydrogen (secondary N) is 1. The fourth-order valence-electron chi connectivity index (χ4n) is 4.13. The lowest BCUT2D eigenvalue weighted by Crippen LogP contribution is -2.36. The molecule has 0 fully saturated rings. The quantitative estimate of drug-likeness (QED) is 0.345. The molecule has 1 aliphatic heterocycles. The molecule has 3 aromatic carbocycles. The Morgan fingerprint density at radius 3 is 2.14 bits per heavy atom. The van der Waals surface area contributed by atoms with Crippen molar-refractivity contribution in [2.45, 2.75) is 13.1 Å². The number of hydrogen-bond donors (Lipinski definition) is 1. The fourth-order valence-corrected chi connectivity index (χ4v) is 6.54. The monoisotopic (exact) mass is 495 g/mol. The van der Waals surface area contributed by atoms with E-state index < -0.39 is 19.2 Å². The minimum Gasteiger partial charge on any atom is -0.316 e.